The lowest BCUT2D eigenvalue weighted by Crippen LogP contribution is -2.46. The molecule has 0 saturated carbocycles. The SMILES string of the molecule is C1CCNC1.CC1(C)O[C@H]2[C@H](CN(Cc3ccccc3)[C@@H]2CNC(=O)c2ccc(-c3ccccc3)cc2)O1. The highest BCUT2D eigenvalue weighted by molar-refractivity contribution is 5.94. The summed E-state index contributed by atoms with van der Waals surface area (Å²) in [6.07, 6.45) is 2.72. The zero-order valence-corrected chi connectivity index (χ0v) is 22.4. The van der Waals surface area contributed by atoms with Gasteiger partial charge in [0.15, 0.2) is 5.79 Å². The normalized spacial score (nSPS) is 23.9. The second-order valence-electron chi connectivity index (χ2n) is 10.7. The molecule has 3 aliphatic rings. The highest BCUT2D eigenvalue weighted by Crippen LogP contribution is 2.37. The first-order valence-electron chi connectivity index (χ1n) is 13.8. The minimum absolute atomic E-state index is 0.00997. The predicted molar refractivity (Wildman–Crippen MR) is 151 cm³/mol. The standard InChI is InChI=1S/C28H30N2O3.C4H9N/c1-28(2)32-25-19-30(18-20-9-5-3-6-10-20)24(26(25)33-28)17-29-27(31)23-15-13-22(14-16-23)21-11-7-4-8-12-21;1-2-4-5-3-1/h3-16,24-26H,17-19H2,1-2H3,(H,29,31);5H,1-4H2/t24-,25+,26-;/m1./s1. The van der Waals surface area contributed by atoms with E-state index < -0.39 is 5.79 Å². The first-order valence-corrected chi connectivity index (χ1v) is 13.8. The molecule has 2 N–H and O–H groups in total. The number of benzene rings is 3. The van der Waals surface area contributed by atoms with Crippen LogP contribution in [-0.4, -0.2) is 61.0 Å². The van der Waals surface area contributed by atoms with Crippen LogP contribution in [-0.2, 0) is 16.0 Å². The van der Waals surface area contributed by atoms with E-state index in [0.29, 0.717) is 12.1 Å². The van der Waals surface area contributed by atoms with Crippen molar-refractivity contribution < 1.29 is 14.3 Å². The van der Waals surface area contributed by atoms with Crippen LogP contribution in [0.2, 0.25) is 0 Å². The Hall–Kier alpha value is -3.03. The lowest BCUT2D eigenvalue weighted by atomic mass is 10.0. The number of hydrogen-bond acceptors (Lipinski definition) is 5. The average molecular weight is 514 g/mol. The number of rotatable bonds is 6. The van der Waals surface area contributed by atoms with Gasteiger partial charge in [-0.2, -0.15) is 0 Å². The van der Waals surface area contributed by atoms with Crippen LogP contribution in [0.3, 0.4) is 0 Å². The van der Waals surface area contributed by atoms with E-state index in [-0.39, 0.29) is 24.2 Å². The van der Waals surface area contributed by atoms with E-state index in [9.17, 15) is 4.79 Å². The zero-order valence-electron chi connectivity index (χ0n) is 22.4. The van der Waals surface area contributed by atoms with Crippen LogP contribution in [0.5, 0.6) is 0 Å². The third kappa shape index (κ3) is 6.69. The van der Waals surface area contributed by atoms with E-state index in [2.05, 4.69) is 51.9 Å². The minimum atomic E-state index is -0.594. The number of hydrogen-bond donors (Lipinski definition) is 2. The Labute approximate surface area is 226 Å². The molecule has 3 fully saturated rings. The largest absolute Gasteiger partial charge is 0.350 e. The molecule has 6 nitrogen and oxygen atoms in total. The van der Waals surface area contributed by atoms with E-state index in [4.69, 9.17) is 9.47 Å². The number of nitrogens with one attached hydrogen (secondary N) is 2. The molecular formula is C32H39N3O3. The Kier molecular flexibility index (Phi) is 8.55. The van der Waals surface area contributed by atoms with E-state index in [1.165, 1.54) is 31.5 Å². The molecule has 3 aromatic carbocycles. The van der Waals surface area contributed by atoms with Gasteiger partial charge in [-0.1, -0.05) is 72.8 Å². The van der Waals surface area contributed by atoms with Gasteiger partial charge in [-0.3, -0.25) is 9.69 Å². The number of ether oxygens (including phenoxy) is 2. The van der Waals surface area contributed by atoms with Crippen molar-refractivity contribution in [2.24, 2.45) is 0 Å². The van der Waals surface area contributed by atoms with Crippen LogP contribution in [0, 0.1) is 0 Å². The van der Waals surface area contributed by atoms with Crippen molar-refractivity contribution in [3.8, 4) is 11.1 Å². The summed E-state index contributed by atoms with van der Waals surface area (Å²) < 4.78 is 12.4. The first kappa shape index (κ1) is 26.6. The number of likely N-dealkylation sites (tertiary alicyclic amines) is 1. The summed E-state index contributed by atoms with van der Waals surface area (Å²) in [6, 6.07) is 28.4. The van der Waals surface area contributed by atoms with Crippen LogP contribution in [0.25, 0.3) is 11.1 Å². The van der Waals surface area contributed by atoms with E-state index in [1.807, 2.05) is 62.4 Å². The van der Waals surface area contributed by atoms with Crippen molar-refractivity contribution in [2.45, 2.75) is 57.3 Å². The molecule has 0 unspecified atom stereocenters. The summed E-state index contributed by atoms with van der Waals surface area (Å²) in [5.41, 5.74) is 4.13. The second kappa shape index (κ2) is 12.2. The molecule has 1 amide bonds. The van der Waals surface area contributed by atoms with Crippen molar-refractivity contribution in [1.82, 2.24) is 15.5 Å². The Morgan fingerprint density at radius 1 is 0.895 bits per heavy atom. The highest BCUT2D eigenvalue weighted by atomic mass is 16.8. The fourth-order valence-electron chi connectivity index (χ4n) is 5.52. The van der Waals surface area contributed by atoms with Gasteiger partial charge in [0.1, 0.15) is 12.2 Å². The lowest BCUT2D eigenvalue weighted by molar-refractivity contribution is -0.161. The summed E-state index contributed by atoms with van der Waals surface area (Å²) in [6.45, 7) is 8.50. The van der Waals surface area contributed by atoms with Crippen LogP contribution in [0.4, 0.5) is 0 Å². The summed E-state index contributed by atoms with van der Waals surface area (Å²) in [5.74, 6) is -0.667. The Balaban J connectivity index is 0.000000529. The molecule has 3 atom stereocenters. The fourth-order valence-corrected chi connectivity index (χ4v) is 5.52. The van der Waals surface area contributed by atoms with Crippen molar-refractivity contribution in [3.05, 3.63) is 96.1 Å². The van der Waals surface area contributed by atoms with E-state index >= 15 is 0 Å². The Morgan fingerprint density at radius 3 is 2.16 bits per heavy atom. The summed E-state index contributed by atoms with van der Waals surface area (Å²) in [5, 5.41) is 6.36. The maximum Gasteiger partial charge on any atom is 0.251 e. The van der Waals surface area contributed by atoms with Crippen LogP contribution < -0.4 is 10.6 Å². The molecule has 0 aromatic heterocycles. The number of carbonyl (C=O) groups excluding carboxylic acids is 1. The zero-order chi connectivity index (χ0) is 26.4. The maximum atomic E-state index is 12.9. The van der Waals surface area contributed by atoms with Crippen molar-refractivity contribution in [2.75, 3.05) is 26.2 Å². The molecule has 3 aliphatic heterocycles. The summed E-state index contributed by atoms with van der Waals surface area (Å²) in [4.78, 5) is 15.3. The molecule has 0 bridgehead atoms. The quantitative estimate of drug-likeness (QED) is 0.493. The van der Waals surface area contributed by atoms with Gasteiger partial charge in [0.25, 0.3) is 5.91 Å². The molecule has 38 heavy (non-hydrogen) atoms. The van der Waals surface area contributed by atoms with Gasteiger partial charge in [-0.25, -0.2) is 0 Å². The molecule has 6 heteroatoms. The van der Waals surface area contributed by atoms with Gasteiger partial charge >= 0.3 is 0 Å². The monoisotopic (exact) mass is 513 g/mol. The Morgan fingerprint density at radius 2 is 1.53 bits per heavy atom. The smallest absolute Gasteiger partial charge is 0.251 e. The van der Waals surface area contributed by atoms with Crippen LogP contribution in [0.1, 0.15) is 42.6 Å². The summed E-state index contributed by atoms with van der Waals surface area (Å²) in [7, 11) is 0. The van der Waals surface area contributed by atoms with Gasteiger partial charge in [-0.05, 0) is 68.6 Å². The highest BCUT2D eigenvalue weighted by Gasteiger charge is 2.52. The fraction of sp³-hybridized carbons (Fsp3) is 0.406. The number of fused-ring (bicyclic) bond motifs is 1. The van der Waals surface area contributed by atoms with E-state index in [1.54, 1.807) is 0 Å². The molecule has 200 valence electrons. The molecule has 3 saturated heterocycles. The average Bonchev–Trinajstić information content (AvgIpc) is 3.67. The van der Waals surface area contributed by atoms with Gasteiger partial charge in [0.2, 0.25) is 0 Å². The predicted octanol–water partition coefficient (Wildman–Crippen LogP) is 4.86. The first-order chi connectivity index (χ1) is 18.5. The van der Waals surface area contributed by atoms with Gasteiger partial charge in [0.05, 0.1) is 6.04 Å². The molecule has 3 aromatic rings. The topological polar surface area (TPSA) is 62.8 Å². The van der Waals surface area contributed by atoms with Crippen molar-refractivity contribution >= 4 is 5.91 Å². The molecule has 3 heterocycles. The molecular weight excluding hydrogens is 474 g/mol. The molecule has 0 radical (unpaired) electrons. The number of carbonyl (C=O) groups is 1. The molecule has 6 rings (SSSR count). The third-order valence-electron chi connectivity index (χ3n) is 7.40. The molecule has 0 spiro atoms. The third-order valence-corrected chi connectivity index (χ3v) is 7.40. The summed E-state index contributed by atoms with van der Waals surface area (Å²) >= 11 is 0. The lowest BCUT2D eigenvalue weighted by Gasteiger charge is -2.30. The van der Waals surface area contributed by atoms with Crippen LogP contribution in [0.15, 0.2) is 84.9 Å². The minimum Gasteiger partial charge on any atom is -0.350 e. The van der Waals surface area contributed by atoms with Gasteiger partial charge in [-0.15, -0.1) is 0 Å². The number of amides is 1. The number of nitrogens with zero attached hydrogens (tertiary/aromatic N) is 1. The molecule has 0 aliphatic carbocycles. The maximum absolute atomic E-state index is 12.9. The van der Waals surface area contributed by atoms with Crippen molar-refractivity contribution in [1.29, 1.82) is 0 Å². The van der Waals surface area contributed by atoms with Gasteiger partial charge < -0.3 is 20.1 Å². The van der Waals surface area contributed by atoms with Crippen LogP contribution >= 0.6 is 0 Å². The van der Waals surface area contributed by atoms with Crippen molar-refractivity contribution in [3.63, 3.8) is 0 Å². The van der Waals surface area contributed by atoms with E-state index in [0.717, 1.165) is 24.2 Å². The Bertz CT molecular complexity index is 1160. The second-order valence-corrected chi connectivity index (χ2v) is 10.7. The van der Waals surface area contributed by atoms with Gasteiger partial charge in [0, 0.05) is 25.2 Å².